The molecule has 4 nitrogen and oxygen atoms in total. The lowest BCUT2D eigenvalue weighted by Crippen LogP contribution is -2.48. The van der Waals surface area contributed by atoms with Crippen LogP contribution in [0.2, 0.25) is 0 Å². The van der Waals surface area contributed by atoms with E-state index in [2.05, 4.69) is 55.6 Å². The number of benzene rings is 2. The number of amides is 2. The monoisotopic (exact) mass is 394 g/mol. The third-order valence-corrected chi connectivity index (χ3v) is 5.28. The summed E-state index contributed by atoms with van der Waals surface area (Å²) in [6.45, 7) is 9.14. The molecule has 156 valence electrons. The Morgan fingerprint density at radius 2 is 1.52 bits per heavy atom. The summed E-state index contributed by atoms with van der Waals surface area (Å²) >= 11 is 0. The maximum Gasteiger partial charge on any atom is 0.242 e. The molecule has 1 atom stereocenters. The number of carbonyl (C=O) groups is 2. The molecule has 0 aliphatic carbocycles. The SMILES string of the molecule is CCNC(=O)[C@H](C)N(CCc1ccccc1)C(=O)CCc1ccc(C(C)C)cc1. The van der Waals surface area contributed by atoms with Gasteiger partial charge in [0, 0.05) is 19.5 Å². The van der Waals surface area contributed by atoms with E-state index in [1.807, 2.05) is 32.0 Å². The first kappa shape index (κ1) is 22.7. The summed E-state index contributed by atoms with van der Waals surface area (Å²) in [5, 5.41) is 2.84. The van der Waals surface area contributed by atoms with Gasteiger partial charge in [0.15, 0.2) is 0 Å². The number of hydrogen-bond acceptors (Lipinski definition) is 2. The minimum atomic E-state index is -0.477. The lowest BCUT2D eigenvalue weighted by molar-refractivity contribution is -0.139. The van der Waals surface area contributed by atoms with E-state index in [0.29, 0.717) is 31.8 Å². The fourth-order valence-corrected chi connectivity index (χ4v) is 3.36. The topological polar surface area (TPSA) is 49.4 Å². The molecule has 29 heavy (non-hydrogen) atoms. The average molecular weight is 395 g/mol. The Hall–Kier alpha value is -2.62. The van der Waals surface area contributed by atoms with Crippen LogP contribution in [0.3, 0.4) is 0 Å². The largest absolute Gasteiger partial charge is 0.355 e. The van der Waals surface area contributed by atoms with Gasteiger partial charge in [-0.05, 0) is 49.3 Å². The van der Waals surface area contributed by atoms with Gasteiger partial charge in [0.05, 0.1) is 0 Å². The van der Waals surface area contributed by atoms with Crippen molar-refractivity contribution in [2.75, 3.05) is 13.1 Å². The summed E-state index contributed by atoms with van der Waals surface area (Å²) in [5.74, 6) is 0.417. The molecule has 0 heterocycles. The van der Waals surface area contributed by atoms with Crippen LogP contribution in [-0.2, 0) is 22.4 Å². The molecule has 0 aliphatic heterocycles. The van der Waals surface area contributed by atoms with Crippen LogP contribution < -0.4 is 5.32 Å². The number of likely N-dealkylation sites (N-methyl/N-ethyl adjacent to an activating group) is 1. The van der Waals surface area contributed by atoms with Crippen molar-refractivity contribution in [1.82, 2.24) is 10.2 Å². The van der Waals surface area contributed by atoms with Crippen molar-refractivity contribution in [3.8, 4) is 0 Å². The van der Waals surface area contributed by atoms with Crippen molar-refractivity contribution in [1.29, 1.82) is 0 Å². The molecule has 2 aromatic rings. The van der Waals surface area contributed by atoms with Crippen molar-refractivity contribution < 1.29 is 9.59 Å². The number of aryl methyl sites for hydroxylation is 1. The van der Waals surface area contributed by atoms with Crippen LogP contribution in [0.1, 0.15) is 56.7 Å². The molecule has 0 aromatic heterocycles. The molecule has 0 fully saturated rings. The van der Waals surface area contributed by atoms with Crippen molar-refractivity contribution >= 4 is 11.8 Å². The van der Waals surface area contributed by atoms with E-state index in [0.717, 1.165) is 17.5 Å². The van der Waals surface area contributed by atoms with Crippen molar-refractivity contribution in [2.24, 2.45) is 0 Å². The van der Waals surface area contributed by atoms with E-state index in [1.54, 1.807) is 4.90 Å². The number of nitrogens with zero attached hydrogens (tertiary/aromatic N) is 1. The van der Waals surface area contributed by atoms with Crippen molar-refractivity contribution in [3.63, 3.8) is 0 Å². The lowest BCUT2D eigenvalue weighted by atomic mass is 10.00. The Balaban J connectivity index is 2.03. The van der Waals surface area contributed by atoms with Crippen LogP contribution in [0.5, 0.6) is 0 Å². The predicted octanol–water partition coefficient (Wildman–Crippen LogP) is 4.34. The lowest BCUT2D eigenvalue weighted by Gasteiger charge is -2.28. The van der Waals surface area contributed by atoms with Crippen LogP contribution in [0.25, 0.3) is 0 Å². The maximum atomic E-state index is 13.0. The Kier molecular flexibility index (Phi) is 8.91. The molecule has 0 spiro atoms. The van der Waals surface area contributed by atoms with E-state index < -0.39 is 6.04 Å². The average Bonchev–Trinajstić information content (AvgIpc) is 2.73. The summed E-state index contributed by atoms with van der Waals surface area (Å²) in [5.41, 5.74) is 3.61. The summed E-state index contributed by atoms with van der Waals surface area (Å²) in [6.07, 6.45) is 1.82. The van der Waals surface area contributed by atoms with Gasteiger partial charge in [0.1, 0.15) is 6.04 Å². The highest BCUT2D eigenvalue weighted by atomic mass is 16.2. The molecule has 4 heteroatoms. The van der Waals surface area contributed by atoms with Gasteiger partial charge < -0.3 is 10.2 Å². The molecule has 2 rings (SSSR count). The highest BCUT2D eigenvalue weighted by Gasteiger charge is 2.25. The number of nitrogens with one attached hydrogen (secondary N) is 1. The molecule has 0 radical (unpaired) electrons. The molecule has 1 N–H and O–H groups in total. The van der Waals surface area contributed by atoms with Gasteiger partial charge in [-0.3, -0.25) is 9.59 Å². The van der Waals surface area contributed by atoms with Gasteiger partial charge >= 0.3 is 0 Å². The molecule has 0 saturated heterocycles. The molecule has 2 aromatic carbocycles. The van der Waals surface area contributed by atoms with E-state index in [-0.39, 0.29) is 11.8 Å². The summed E-state index contributed by atoms with van der Waals surface area (Å²) in [4.78, 5) is 27.1. The molecule has 0 aliphatic rings. The van der Waals surface area contributed by atoms with Crippen LogP contribution in [0, 0.1) is 0 Å². The van der Waals surface area contributed by atoms with Gasteiger partial charge in [-0.1, -0.05) is 68.4 Å². The third-order valence-electron chi connectivity index (χ3n) is 5.28. The maximum absolute atomic E-state index is 13.0. The Bertz CT molecular complexity index is 769. The first-order chi connectivity index (χ1) is 13.9. The molecule has 0 bridgehead atoms. The minimum Gasteiger partial charge on any atom is -0.355 e. The summed E-state index contributed by atoms with van der Waals surface area (Å²) in [6, 6.07) is 18.1. The highest BCUT2D eigenvalue weighted by molar-refractivity contribution is 5.87. The molecular weight excluding hydrogens is 360 g/mol. The summed E-state index contributed by atoms with van der Waals surface area (Å²) < 4.78 is 0. The molecule has 2 amide bonds. The molecule has 0 unspecified atom stereocenters. The van der Waals surface area contributed by atoms with E-state index in [4.69, 9.17) is 0 Å². The highest BCUT2D eigenvalue weighted by Crippen LogP contribution is 2.16. The summed E-state index contributed by atoms with van der Waals surface area (Å²) in [7, 11) is 0. The molecule has 0 saturated carbocycles. The quantitative estimate of drug-likeness (QED) is 0.652. The Morgan fingerprint density at radius 1 is 0.897 bits per heavy atom. The predicted molar refractivity (Wildman–Crippen MR) is 119 cm³/mol. The Labute approximate surface area is 175 Å². The fourth-order valence-electron chi connectivity index (χ4n) is 3.36. The Morgan fingerprint density at radius 3 is 2.10 bits per heavy atom. The second-order valence-corrected chi connectivity index (χ2v) is 7.79. The second-order valence-electron chi connectivity index (χ2n) is 7.79. The van der Waals surface area contributed by atoms with E-state index in [9.17, 15) is 9.59 Å². The molecular formula is C25H34N2O2. The van der Waals surface area contributed by atoms with Crippen LogP contribution in [0.4, 0.5) is 0 Å². The number of hydrogen-bond donors (Lipinski definition) is 1. The van der Waals surface area contributed by atoms with Gasteiger partial charge in [0.25, 0.3) is 0 Å². The van der Waals surface area contributed by atoms with Crippen LogP contribution in [0.15, 0.2) is 54.6 Å². The standard InChI is InChI=1S/C25H34N2O2/c1-5-26-25(29)20(4)27(18-17-21-9-7-6-8-10-21)24(28)16-13-22-11-14-23(15-12-22)19(2)3/h6-12,14-15,19-20H,5,13,16-18H2,1-4H3,(H,26,29)/t20-/m0/s1. The number of rotatable bonds is 10. The first-order valence-electron chi connectivity index (χ1n) is 10.6. The fraction of sp³-hybridized carbons (Fsp3) is 0.440. The van der Waals surface area contributed by atoms with E-state index >= 15 is 0 Å². The number of carbonyl (C=O) groups excluding carboxylic acids is 2. The zero-order valence-electron chi connectivity index (χ0n) is 18.2. The van der Waals surface area contributed by atoms with Crippen LogP contribution >= 0.6 is 0 Å². The third kappa shape index (κ3) is 7.04. The van der Waals surface area contributed by atoms with Crippen molar-refractivity contribution in [3.05, 3.63) is 71.3 Å². The zero-order valence-corrected chi connectivity index (χ0v) is 18.2. The van der Waals surface area contributed by atoms with E-state index in [1.165, 1.54) is 5.56 Å². The first-order valence-corrected chi connectivity index (χ1v) is 10.6. The zero-order chi connectivity index (χ0) is 21.2. The smallest absolute Gasteiger partial charge is 0.242 e. The second kappa shape index (κ2) is 11.4. The van der Waals surface area contributed by atoms with Gasteiger partial charge in [-0.2, -0.15) is 0 Å². The normalized spacial score (nSPS) is 11.9. The van der Waals surface area contributed by atoms with Gasteiger partial charge in [-0.15, -0.1) is 0 Å². The van der Waals surface area contributed by atoms with Crippen molar-refractivity contribution in [2.45, 2.75) is 58.9 Å². The van der Waals surface area contributed by atoms with Gasteiger partial charge in [-0.25, -0.2) is 0 Å². The van der Waals surface area contributed by atoms with Gasteiger partial charge in [0.2, 0.25) is 11.8 Å². The van der Waals surface area contributed by atoms with Crippen LogP contribution in [-0.4, -0.2) is 35.8 Å². The minimum absolute atomic E-state index is 0.0209.